The van der Waals surface area contributed by atoms with Gasteiger partial charge in [0, 0.05) is 11.3 Å². The van der Waals surface area contributed by atoms with Crippen molar-refractivity contribution in [3.05, 3.63) is 50.7 Å². The van der Waals surface area contributed by atoms with E-state index in [4.69, 9.17) is 0 Å². The number of aromatic amines is 1. The van der Waals surface area contributed by atoms with E-state index in [1.807, 2.05) is 0 Å². The SMILES string of the molecule is COC(=O)CNC(=O)c1ccc(NC(=O)c2cc(Br)c(Br)[nH]2)cc1. The van der Waals surface area contributed by atoms with Crippen molar-refractivity contribution >= 4 is 55.3 Å². The molecule has 0 spiro atoms. The lowest BCUT2D eigenvalue weighted by Gasteiger charge is -2.06. The van der Waals surface area contributed by atoms with Crippen LogP contribution in [0, 0.1) is 0 Å². The van der Waals surface area contributed by atoms with E-state index >= 15 is 0 Å². The molecule has 0 atom stereocenters. The Morgan fingerprint density at radius 1 is 1.12 bits per heavy atom. The van der Waals surface area contributed by atoms with Crippen LogP contribution in [-0.2, 0) is 9.53 Å². The molecule has 2 amide bonds. The van der Waals surface area contributed by atoms with Gasteiger partial charge in [-0.25, -0.2) is 0 Å². The van der Waals surface area contributed by atoms with Gasteiger partial charge in [0.05, 0.1) is 16.2 Å². The number of H-pyrrole nitrogens is 1. The lowest BCUT2D eigenvalue weighted by atomic mass is 10.2. The van der Waals surface area contributed by atoms with E-state index in [1.165, 1.54) is 7.11 Å². The molecular formula is C15H13Br2N3O4. The van der Waals surface area contributed by atoms with Gasteiger partial charge >= 0.3 is 5.97 Å². The van der Waals surface area contributed by atoms with Crippen LogP contribution < -0.4 is 10.6 Å². The predicted molar refractivity (Wildman–Crippen MR) is 94.9 cm³/mol. The summed E-state index contributed by atoms with van der Waals surface area (Å²) in [6.45, 7) is -0.204. The van der Waals surface area contributed by atoms with Crippen molar-refractivity contribution in [2.75, 3.05) is 19.0 Å². The first-order chi connectivity index (χ1) is 11.4. The normalized spacial score (nSPS) is 10.1. The summed E-state index contributed by atoms with van der Waals surface area (Å²) in [5, 5.41) is 5.14. The summed E-state index contributed by atoms with van der Waals surface area (Å²) >= 11 is 6.56. The molecular weight excluding hydrogens is 446 g/mol. The summed E-state index contributed by atoms with van der Waals surface area (Å²) < 4.78 is 5.85. The zero-order valence-electron chi connectivity index (χ0n) is 12.5. The lowest BCUT2D eigenvalue weighted by Crippen LogP contribution is -2.30. The highest BCUT2D eigenvalue weighted by Crippen LogP contribution is 2.23. The Hall–Kier alpha value is -2.13. The molecule has 0 radical (unpaired) electrons. The van der Waals surface area contributed by atoms with E-state index in [9.17, 15) is 14.4 Å². The molecule has 3 N–H and O–H groups in total. The molecule has 1 aromatic carbocycles. The van der Waals surface area contributed by atoms with Gasteiger partial charge in [-0.2, -0.15) is 0 Å². The largest absolute Gasteiger partial charge is 0.468 e. The molecule has 0 saturated heterocycles. The molecule has 24 heavy (non-hydrogen) atoms. The number of amides is 2. The summed E-state index contributed by atoms with van der Waals surface area (Å²) in [6.07, 6.45) is 0. The van der Waals surface area contributed by atoms with Gasteiger partial charge in [0.1, 0.15) is 12.2 Å². The minimum atomic E-state index is -0.532. The number of aromatic nitrogens is 1. The van der Waals surface area contributed by atoms with Crippen LogP contribution in [0.15, 0.2) is 39.4 Å². The molecule has 0 unspecified atom stereocenters. The van der Waals surface area contributed by atoms with Crippen molar-refractivity contribution < 1.29 is 19.1 Å². The predicted octanol–water partition coefficient (Wildman–Crippen LogP) is 2.69. The van der Waals surface area contributed by atoms with Gasteiger partial charge < -0.3 is 20.4 Å². The molecule has 1 heterocycles. The minimum Gasteiger partial charge on any atom is -0.468 e. The van der Waals surface area contributed by atoms with E-state index in [0.29, 0.717) is 21.5 Å². The van der Waals surface area contributed by atoms with Crippen LogP contribution >= 0.6 is 31.9 Å². The molecule has 0 fully saturated rings. The van der Waals surface area contributed by atoms with Crippen LogP contribution in [0.25, 0.3) is 0 Å². The Morgan fingerprint density at radius 2 is 1.79 bits per heavy atom. The quantitative estimate of drug-likeness (QED) is 0.599. The summed E-state index contributed by atoms with van der Waals surface area (Å²) in [7, 11) is 1.24. The number of esters is 1. The second kappa shape index (κ2) is 8.11. The third-order valence-corrected chi connectivity index (χ3v) is 4.78. The molecule has 2 aromatic rings. The van der Waals surface area contributed by atoms with Gasteiger partial charge in [-0.3, -0.25) is 14.4 Å². The van der Waals surface area contributed by atoms with Crippen LogP contribution in [0.3, 0.4) is 0 Å². The van der Waals surface area contributed by atoms with Crippen molar-refractivity contribution in [1.29, 1.82) is 0 Å². The minimum absolute atomic E-state index is 0.204. The van der Waals surface area contributed by atoms with Gasteiger partial charge in [0.15, 0.2) is 0 Å². The average molecular weight is 459 g/mol. The Balaban J connectivity index is 1.97. The molecule has 0 aliphatic heterocycles. The Bertz CT molecular complexity index is 752. The summed E-state index contributed by atoms with van der Waals surface area (Å²) in [6, 6.07) is 7.93. The van der Waals surface area contributed by atoms with Crippen LogP contribution in [0.4, 0.5) is 5.69 Å². The fraction of sp³-hybridized carbons (Fsp3) is 0.133. The number of carbonyl (C=O) groups is 3. The number of halogens is 2. The van der Waals surface area contributed by atoms with Crippen molar-refractivity contribution in [2.24, 2.45) is 0 Å². The molecule has 1 aromatic heterocycles. The maximum Gasteiger partial charge on any atom is 0.325 e. The Kier molecular flexibility index (Phi) is 6.16. The monoisotopic (exact) mass is 457 g/mol. The number of methoxy groups -OCH3 is 1. The fourth-order valence-corrected chi connectivity index (χ4v) is 2.41. The molecule has 0 aliphatic carbocycles. The number of rotatable bonds is 5. The second-order valence-electron chi connectivity index (χ2n) is 4.64. The van der Waals surface area contributed by atoms with Crippen LogP contribution in [-0.4, -0.2) is 36.4 Å². The smallest absolute Gasteiger partial charge is 0.325 e. The highest BCUT2D eigenvalue weighted by molar-refractivity contribution is 9.13. The number of hydrogen-bond acceptors (Lipinski definition) is 4. The van der Waals surface area contributed by atoms with Gasteiger partial charge in [-0.05, 0) is 62.2 Å². The van der Waals surface area contributed by atoms with Crippen molar-refractivity contribution in [3.63, 3.8) is 0 Å². The molecule has 9 heteroatoms. The number of hydrogen-bond donors (Lipinski definition) is 3. The third-order valence-electron chi connectivity index (χ3n) is 3.00. The second-order valence-corrected chi connectivity index (χ2v) is 6.28. The van der Waals surface area contributed by atoms with Crippen molar-refractivity contribution in [2.45, 2.75) is 0 Å². The first-order valence-electron chi connectivity index (χ1n) is 6.71. The lowest BCUT2D eigenvalue weighted by molar-refractivity contribution is -0.139. The fourth-order valence-electron chi connectivity index (χ4n) is 1.76. The molecule has 0 aliphatic rings. The number of nitrogens with one attached hydrogen (secondary N) is 3. The molecule has 7 nitrogen and oxygen atoms in total. The van der Waals surface area contributed by atoms with Gasteiger partial charge in [-0.1, -0.05) is 0 Å². The van der Waals surface area contributed by atoms with Crippen LogP contribution in [0.1, 0.15) is 20.8 Å². The summed E-state index contributed by atoms with van der Waals surface area (Å²) in [5.41, 5.74) is 1.28. The van der Waals surface area contributed by atoms with E-state index < -0.39 is 11.9 Å². The zero-order chi connectivity index (χ0) is 17.7. The Morgan fingerprint density at radius 3 is 2.33 bits per heavy atom. The standard InChI is InChI=1S/C15H13Br2N3O4/c1-24-12(21)7-18-14(22)8-2-4-9(5-3-8)19-15(23)11-6-10(16)13(17)20-11/h2-6,20H,7H2,1H3,(H,18,22)(H,19,23). The summed E-state index contributed by atoms with van der Waals surface area (Å²) in [5.74, 6) is -1.25. The van der Waals surface area contributed by atoms with E-state index in [2.05, 4.69) is 52.2 Å². The van der Waals surface area contributed by atoms with Gasteiger partial charge in [-0.15, -0.1) is 0 Å². The van der Waals surface area contributed by atoms with Gasteiger partial charge in [0.25, 0.3) is 11.8 Å². The number of carbonyl (C=O) groups excluding carboxylic acids is 3. The first kappa shape index (κ1) is 18.2. The summed E-state index contributed by atoms with van der Waals surface area (Å²) in [4.78, 5) is 37.8. The molecule has 0 bridgehead atoms. The van der Waals surface area contributed by atoms with Crippen LogP contribution in [0.5, 0.6) is 0 Å². The topological polar surface area (TPSA) is 100 Å². The van der Waals surface area contributed by atoms with E-state index in [-0.39, 0.29) is 12.5 Å². The van der Waals surface area contributed by atoms with Crippen LogP contribution in [0.2, 0.25) is 0 Å². The maximum absolute atomic E-state index is 12.1. The zero-order valence-corrected chi connectivity index (χ0v) is 15.7. The third kappa shape index (κ3) is 4.68. The number of ether oxygens (including phenoxy) is 1. The van der Waals surface area contributed by atoms with E-state index in [0.717, 1.165) is 4.47 Å². The highest BCUT2D eigenvalue weighted by Gasteiger charge is 2.12. The molecule has 0 saturated carbocycles. The number of benzene rings is 1. The Labute approximate surface area is 154 Å². The maximum atomic E-state index is 12.1. The van der Waals surface area contributed by atoms with Gasteiger partial charge in [0.2, 0.25) is 0 Å². The average Bonchev–Trinajstić information content (AvgIpc) is 2.92. The molecule has 2 rings (SSSR count). The van der Waals surface area contributed by atoms with Crippen molar-refractivity contribution in [1.82, 2.24) is 10.3 Å². The van der Waals surface area contributed by atoms with Crippen molar-refractivity contribution in [3.8, 4) is 0 Å². The first-order valence-corrected chi connectivity index (χ1v) is 8.29. The van der Waals surface area contributed by atoms with E-state index in [1.54, 1.807) is 30.3 Å². The number of anilines is 1. The molecule has 126 valence electrons. The highest BCUT2D eigenvalue weighted by atomic mass is 79.9.